The van der Waals surface area contributed by atoms with Crippen LogP contribution in [0.2, 0.25) is 0 Å². The first-order valence-corrected chi connectivity index (χ1v) is 6.64. The summed E-state index contributed by atoms with van der Waals surface area (Å²) in [5, 5.41) is -4.89. The monoisotopic (exact) mass is 272 g/mol. The molecule has 0 aliphatic heterocycles. The predicted molar refractivity (Wildman–Crippen MR) is 54.0 cm³/mol. The van der Waals surface area contributed by atoms with E-state index in [9.17, 15) is 22.0 Å². The molecule has 0 amide bonds. The largest absolute Gasteiger partial charge is 0.465 e. The number of hydrogen-bond donors (Lipinski definition) is 1. The van der Waals surface area contributed by atoms with Crippen LogP contribution >= 0.6 is 0 Å². The quantitative estimate of drug-likeness (QED) is 0.623. The van der Waals surface area contributed by atoms with Gasteiger partial charge in [0.05, 0.1) is 0 Å². The zero-order chi connectivity index (χ0) is 13.3. The van der Waals surface area contributed by atoms with Crippen LogP contribution in [-0.4, -0.2) is 30.3 Å². The molecule has 0 saturated heterocycles. The molecule has 0 radical (unpaired) electrons. The fourth-order valence-corrected chi connectivity index (χ4v) is 1.93. The van der Waals surface area contributed by atoms with E-state index in [0.29, 0.717) is 18.8 Å². The Hall–Kier alpha value is -0.760. The number of esters is 1. The molecule has 0 aromatic rings. The highest BCUT2D eigenvalue weighted by Crippen LogP contribution is 2.29. The summed E-state index contributed by atoms with van der Waals surface area (Å²) in [7, 11) is -5.77. The number of carbonyl (C=O) groups excluding carboxylic acids is 1. The van der Waals surface area contributed by atoms with E-state index in [-0.39, 0.29) is 0 Å². The van der Waals surface area contributed by atoms with E-state index in [2.05, 4.69) is 4.74 Å². The number of halogens is 2. The summed E-state index contributed by atoms with van der Waals surface area (Å²) in [6.07, 6.45) is 1.61. The van der Waals surface area contributed by atoms with Gasteiger partial charge in [0.1, 0.15) is 6.10 Å². The summed E-state index contributed by atoms with van der Waals surface area (Å²) in [5.74, 6) is -1.77. The lowest BCUT2D eigenvalue weighted by molar-refractivity contribution is -0.168. The van der Waals surface area contributed by atoms with Crippen molar-refractivity contribution in [2.75, 3.05) is 0 Å². The number of ether oxygens (including phenoxy) is 1. The predicted octanol–water partition coefficient (Wildman–Crippen LogP) is 1.59. The third-order valence-corrected chi connectivity index (χ3v) is 3.61. The maximum atomic E-state index is 12.8. The van der Waals surface area contributed by atoms with E-state index in [1.165, 1.54) is 0 Å². The molecule has 0 atom stereocenters. The lowest BCUT2D eigenvalue weighted by Gasteiger charge is -2.26. The molecule has 0 unspecified atom stereocenters. The molecule has 17 heavy (non-hydrogen) atoms. The van der Waals surface area contributed by atoms with Gasteiger partial charge in [-0.2, -0.15) is 17.2 Å². The molecule has 1 aliphatic rings. The van der Waals surface area contributed by atoms with Crippen LogP contribution in [0.4, 0.5) is 8.78 Å². The van der Waals surface area contributed by atoms with Gasteiger partial charge >= 0.3 is 21.3 Å². The van der Waals surface area contributed by atoms with E-state index < -0.39 is 27.4 Å². The molecular weight excluding hydrogens is 258 g/mol. The van der Waals surface area contributed by atoms with Crippen molar-refractivity contribution in [2.24, 2.45) is 5.92 Å². The Bertz CT molecular complexity index is 384. The number of hydrogen-bond acceptors (Lipinski definition) is 4. The Morgan fingerprint density at radius 2 is 1.76 bits per heavy atom. The molecule has 0 bridgehead atoms. The number of carbonyl (C=O) groups is 1. The standard InChI is InChI=1S/C9H14F2O5S/c1-6-2-4-7(5-3-6)16-8(12)9(10,11)17(13,14)15/h6-7H,2-5H2,1H3,(H,13,14,15). The van der Waals surface area contributed by atoms with Crippen LogP contribution in [0.5, 0.6) is 0 Å². The fourth-order valence-electron chi connectivity index (χ4n) is 1.67. The first-order chi connectivity index (χ1) is 7.64. The molecule has 8 heteroatoms. The number of alkyl halides is 2. The summed E-state index contributed by atoms with van der Waals surface area (Å²) < 4.78 is 58.9. The summed E-state index contributed by atoms with van der Waals surface area (Å²) in [6.45, 7) is 1.99. The van der Waals surface area contributed by atoms with E-state index in [0.717, 1.165) is 12.8 Å². The molecule has 5 nitrogen and oxygen atoms in total. The van der Waals surface area contributed by atoms with Crippen molar-refractivity contribution in [1.82, 2.24) is 0 Å². The summed E-state index contributed by atoms with van der Waals surface area (Å²) in [6, 6.07) is 0. The van der Waals surface area contributed by atoms with Crippen molar-refractivity contribution in [3.05, 3.63) is 0 Å². The van der Waals surface area contributed by atoms with Gasteiger partial charge in [-0.3, -0.25) is 4.55 Å². The Kier molecular flexibility index (Phi) is 4.08. The molecule has 1 N–H and O–H groups in total. The minimum absolute atomic E-state index is 0.425. The smallest absolute Gasteiger partial charge is 0.457 e. The van der Waals surface area contributed by atoms with Gasteiger partial charge < -0.3 is 4.74 Å². The van der Waals surface area contributed by atoms with Crippen LogP contribution in [0.25, 0.3) is 0 Å². The second kappa shape index (κ2) is 4.85. The highest BCUT2D eigenvalue weighted by molar-refractivity contribution is 7.87. The van der Waals surface area contributed by atoms with Crippen LogP contribution in [0.1, 0.15) is 32.6 Å². The van der Waals surface area contributed by atoms with E-state index >= 15 is 0 Å². The van der Waals surface area contributed by atoms with Gasteiger partial charge in [0, 0.05) is 0 Å². The molecule has 0 aromatic carbocycles. The van der Waals surface area contributed by atoms with Crippen LogP contribution < -0.4 is 0 Å². The van der Waals surface area contributed by atoms with Gasteiger partial charge in [-0.1, -0.05) is 6.92 Å². The Labute approximate surface area is 97.9 Å². The molecule has 1 fully saturated rings. The van der Waals surface area contributed by atoms with Crippen LogP contribution in [0.15, 0.2) is 0 Å². The summed E-state index contributed by atoms with van der Waals surface area (Å²) in [5.41, 5.74) is 0. The fraction of sp³-hybridized carbons (Fsp3) is 0.889. The van der Waals surface area contributed by atoms with E-state index in [4.69, 9.17) is 4.55 Å². The zero-order valence-electron chi connectivity index (χ0n) is 9.23. The Balaban J connectivity index is 2.61. The molecule has 1 saturated carbocycles. The van der Waals surface area contributed by atoms with Gasteiger partial charge in [0.15, 0.2) is 0 Å². The van der Waals surface area contributed by atoms with Crippen molar-refractivity contribution in [2.45, 2.75) is 44.0 Å². The van der Waals surface area contributed by atoms with Crippen LogP contribution in [0.3, 0.4) is 0 Å². The minimum atomic E-state index is -5.77. The third-order valence-electron chi connectivity index (χ3n) is 2.80. The molecular formula is C9H14F2O5S. The van der Waals surface area contributed by atoms with Gasteiger partial charge in [0.2, 0.25) is 0 Å². The van der Waals surface area contributed by atoms with Gasteiger partial charge in [-0.05, 0) is 31.6 Å². The molecule has 0 spiro atoms. The van der Waals surface area contributed by atoms with Gasteiger partial charge in [0.25, 0.3) is 0 Å². The number of rotatable bonds is 3. The molecule has 1 aliphatic carbocycles. The van der Waals surface area contributed by atoms with Crippen molar-refractivity contribution < 1.29 is 31.3 Å². The highest BCUT2D eigenvalue weighted by Gasteiger charge is 2.54. The molecule has 0 aromatic heterocycles. The van der Waals surface area contributed by atoms with Crippen LogP contribution in [-0.2, 0) is 19.6 Å². The topological polar surface area (TPSA) is 80.7 Å². The van der Waals surface area contributed by atoms with Gasteiger partial charge in [-0.15, -0.1) is 0 Å². The lowest BCUT2D eigenvalue weighted by atomic mass is 9.89. The van der Waals surface area contributed by atoms with Crippen LogP contribution in [0, 0.1) is 5.92 Å². The minimum Gasteiger partial charge on any atom is -0.457 e. The molecule has 100 valence electrons. The second-order valence-electron chi connectivity index (χ2n) is 4.28. The highest BCUT2D eigenvalue weighted by atomic mass is 32.2. The average molecular weight is 272 g/mol. The maximum absolute atomic E-state index is 12.8. The van der Waals surface area contributed by atoms with Crippen molar-refractivity contribution in [3.63, 3.8) is 0 Å². The normalized spacial score (nSPS) is 26.6. The first-order valence-electron chi connectivity index (χ1n) is 5.20. The lowest BCUT2D eigenvalue weighted by Crippen LogP contribution is -2.41. The summed E-state index contributed by atoms with van der Waals surface area (Å²) in [4.78, 5) is 10.9. The zero-order valence-corrected chi connectivity index (χ0v) is 10.0. The Morgan fingerprint density at radius 1 is 1.29 bits per heavy atom. The first kappa shape index (κ1) is 14.3. The van der Waals surface area contributed by atoms with E-state index in [1.807, 2.05) is 6.92 Å². The SMILES string of the molecule is CC1CCC(OC(=O)C(F)(F)S(=O)(=O)O)CC1. The van der Waals surface area contributed by atoms with E-state index in [1.54, 1.807) is 0 Å². The summed E-state index contributed by atoms with van der Waals surface area (Å²) >= 11 is 0. The third kappa shape index (κ3) is 3.35. The maximum Gasteiger partial charge on any atom is 0.465 e. The average Bonchev–Trinajstić information content (AvgIpc) is 2.19. The van der Waals surface area contributed by atoms with Crippen molar-refractivity contribution in [3.8, 4) is 0 Å². The molecule has 1 rings (SSSR count). The Morgan fingerprint density at radius 3 is 2.18 bits per heavy atom. The van der Waals surface area contributed by atoms with Crippen molar-refractivity contribution in [1.29, 1.82) is 0 Å². The van der Waals surface area contributed by atoms with Crippen molar-refractivity contribution >= 4 is 16.1 Å². The van der Waals surface area contributed by atoms with Gasteiger partial charge in [-0.25, -0.2) is 4.79 Å². The molecule has 0 heterocycles. The second-order valence-corrected chi connectivity index (χ2v) is 5.74.